The summed E-state index contributed by atoms with van der Waals surface area (Å²) >= 11 is 0. The van der Waals surface area contributed by atoms with Gasteiger partial charge in [-0.2, -0.15) is 0 Å². The number of phenolic OH excluding ortho intramolecular Hbond substituents is 1. The van der Waals surface area contributed by atoms with Crippen molar-refractivity contribution < 1.29 is 28.8 Å². The maximum atomic E-state index is 13.8. The number of phenols is 1. The monoisotopic (exact) mass is 502 g/mol. The number of Topliss-reactive ketones (excluding diaryl/α,β-unsaturated/α-hetero) is 1. The Morgan fingerprint density at radius 3 is 2.03 bits per heavy atom. The van der Waals surface area contributed by atoms with Crippen LogP contribution in [0, 0.1) is 0 Å². The quantitative estimate of drug-likeness (QED) is 0.412. The van der Waals surface area contributed by atoms with Crippen LogP contribution in [0.15, 0.2) is 65.9 Å². The SMILES string of the molecule is COc1ccc(C2CC(=O)C3=C(C2)Nc2ccccc2NC3c2cc(OC)c(O)c(OC)c2)cc1OC. The number of carbonyl (C=O) groups is 1. The average molecular weight is 503 g/mol. The minimum atomic E-state index is -0.478. The lowest BCUT2D eigenvalue weighted by molar-refractivity contribution is -0.116. The zero-order chi connectivity index (χ0) is 26.1. The van der Waals surface area contributed by atoms with E-state index in [9.17, 15) is 9.90 Å². The lowest BCUT2D eigenvalue weighted by atomic mass is 9.78. The van der Waals surface area contributed by atoms with Gasteiger partial charge in [-0.1, -0.05) is 18.2 Å². The summed E-state index contributed by atoms with van der Waals surface area (Å²) in [6, 6.07) is 16.7. The molecule has 8 heteroatoms. The molecule has 0 radical (unpaired) electrons. The smallest absolute Gasteiger partial charge is 0.200 e. The third kappa shape index (κ3) is 4.39. The van der Waals surface area contributed by atoms with Gasteiger partial charge >= 0.3 is 0 Å². The summed E-state index contributed by atoms with van der Waals surface area (Å²) in [4.78, 5) is 13.8. The van der Waals surface area contributed by atoms with Gasteiger partial charge in [-0.3, -0.25) is 4.79 Å². The highest BCUT2D eigenvalue weighted by Gasteiger charge is 2.37. The fourth-order valence-electron chi connectivity index (χ4n) is 5.17. The molecular weight excluding hydrogens is 472 g/mol. The van der Waals surface area contributed by atoms with Crippen LogP contribution >= 0.6 is 0 Å². The fraction of sp³-hybridized carbons (Fsp3) is 0.276. The standard InChI is InChI=1S/C29H30N2O6/c1-34-23-10-9-16(13-24(23)35-2)17-11-21-27(22(32)12-17)28(31-20-8-6-5-7-19(20)30-21)18-14-25(36-3)29(33)26(15-18)37-4/h5-10,13-15,17,28,30-31,33H,11-12H2,1-4H3. The summed E-state index contributed by atoms with van der Waals surface area (Å²) in [5.41, 5.74) is 5.01. The van der Waals surface area contributed by atoms with Crippen LogP contribution in [-0.2, 0) is 4.79 Å². The molecule has 0 aromatic heterocycles. The van der Waals surface area contributed by atoms with E-state index in [1.807, 2.05) is 42.5 Å². The van der Waals surface area contributed by atoms with Gasteiger partial charge < -0.3 is 34.7 Å². The number of hydrogen-bond acceptors (Lipinski definition) is 8. The number of aromatic hydroxyl groups is 1. The van der Waals surface area contributed by atoms with Crippen LogP contribution in [-0.4, -0.2) is 39.3 Å². The Morgan fingerprint density at radius 1 is 0.757 bits per heavy atom. The normalized spacial score (nSPS) is 18.5. The first-order chi connectivity index (χ1) is 18.0. The Labute approximate surface area is 215 Å². The number of carbonyl (C=O) groups excluding carboxylic acids is 1. The highest BCUT2D eigenvalue weighted by atomic mass is 16.5. The molecule has 1 aliphatic heterocycles. The zero-order valence-electron chi connectivity index (χ0n) is 21.3. The first-order valence-electron chi connectivity index (χ1n) is 12.0. The van der Waals surface area contributed by atoms with E-state index < -0.39 is 6.04 Å². The maximum absolute atomic E-state index is 13.8. The molecule has 1 aliphatic carbocycles. The molecule has 3 aromatic rings. The molecule has 3 N–H and O–H groups in total. The van der Waals surface area contributed by atoms with Crippen molar-refractivity contribution in [3.8, 4) is 28.7 Å². The first-order valence-corrected chi connectivity index (χ1v) is 12.0. The number of ketones is 1. The largest absolute Gasteiger partial charge is 0.502 e. The molecule has 192 valence electrons. The summed E-state index contributed by atoms with van der Waals surface area (Å²) in [7, 11) is 6.18. The van der Waals surface area contributed by atoms with Crippen molar-refractivity contribution in [3.63, 3.8) is 0 Å². The van der Waals surface area contributed by atoms with Gasteiger partial charge in [-0.15, -0.1) is 0 Å². The summed E-state index contributed by atoms with van der Waals surface area (Å²) in [6.07, 6.45) is 0.978. The molecule has 0 bridgehead atoms. The number of ether oxygens (including phenoxy) is 4. The van der Waals surface area contributed by atoms with Crippen LogP contribution in [0.2, 0.25) is 0 Å². The van der Waals surface area contributed by atoms with Crippen molar-refractivity contribution in [2.24, 2.45) is 0 Å². The number of rotatable bonds is 6. The molecule has 1 heterocycles. The molecule has 0 amide bonds. The number of para-hydroxylation sites is 2. The predicted molar refractivity (Wildman–Crippen MR) is 141 cm³/mol. The number of hydrogen-bond donors (Lipinski definition) is 3. The van der Waals surface area contributed by atoms with Crippen LogP contribution in [0.1, 0.15) is 35.9 Å². The molecule has 0 saturated heterocycles. The third-order valence-corrected chi connectivity index (χ3v) is 7.02. The molecule has 8 nitrogen and oxygen atoms in total. The zero-order valence-corrected chi connectivity index (χ0v) is 21.3. The van der Waals surface area contributed by atoms with Crippen LogP contribution in [0.3, 0.4) is 0 Å². The second-order valence-electron chi connectivity index (χ2n) is 9.06. The number of fused-ring (bicyclic) bond motifs is 1. The molecule has 2 atom stereocenters. The van der Waals surface area contributed by atoms with Crippen molar-refractivity contribution in [2.75, 3.05) is 39.1 Å². The number of benzene rings is 3. The van der Waals surface area contributed by atoms with Gasteiger partial charge in [0.25, 0.3) is 0 Å². The Morgan fingerprint density at radius 2 is 1.38 bits per heavy atom. The van der Waals surface area contributed by atoms with Gasteiger partial charge in [0.1, 0.15) is 0 Å². The van der Waals surface area contributed by atoms with Gasteiger partial charge in [-0.25, -0.2) is 0 Å². The highest BCUT2D eigenvalue weighted by Crippen LogP contribution is 2.47. The number of methoxy groups -OCH3 is 4. The number of allylic oxidation sites excluding steroid dienone is 1. The third-order valence-electron chi connectivity index (χ3n) is 7.02. The van der Waals surface area contributed by atoms with E-state index in [0.29, 0.717) is 29.9 Å². The van der Waals surface area contributed by atoms with E-state index in [0.717, 1.165) is 28.2 Å². The van der Waals surface area contributed by atoms with E-state index in [1.165, 1.54) is 14.2 Å². The van der Waals surface area contributed by atoms with Gasteiger partial charge in [-0.05, 0) is 59.9 Å². The summed E-state index contributed by atoms with van der Waals surface area (Å²) in [5.74, 6) is 1.74. The lowest BCUT2D eigenvalue weighted by Crippen LogP contribution is -2.27. The molecule has 0 saturated carbocycles. The van der Waals surface area contributed by atoms with Crippen LogP contribution in [0.25, 0.3) is 0 Å². The molecule has 5 rings (SSSR count). The van der Waals surface area contributed by atoms with Crippen molar-refractivity contribution in [2.45, 2.75) is 24.8 Å². The van der Waals surface area contributed by atoms with Gasteiger partial charge in [0.05, 0.1) is 45.9 Å². The van der Waals surface area contributed by atoms with Crippen LogP contribution in [0.5, 0.6) is 28.7 Å². The van der Waals surface area contributed by atoms with E-state index in [2.05, 4.69) is 10.6 Å². The molecular formula is C29H30N2O6. The predicted octanol–water partition coefficient (Wildman–Crippen LogP) is 5.41. The second kappa shape index (κ2) is 9.97. The Balaban J connectivity index is 1.62. The Bertz CT molecular complexity index is 1360. The minimum Gasteiger partial charge on any atom is -0.502 e. The number of anilines is 2. The maximum Gasteiger partial charge on any atom is 0.200 e. The van der Waals surface area contributed by atoms with Crippen molar-refractivity contribution in [1.29, 1.82) is 0 Å². The van der Waals surface area contributed by atoms with Gasteiger partial charge in [0, 0.05) is 17.7 Å². The molecule has 0 fully saturated rings. The Hall–Kier alpha value is -4.33. The van der Waals surface area contributed by atoms with E-state index in [4.69, 9.17) is 18.9 Å². The lowest BCUT2D eigenvalue weighted by Gasteiger charge is -2.30. The first kappa shape index (κ1) is 24.4. The summed E-state index contributed by atoms with van der Waals surface area (Å²) in [5, 5.41) is 17.6. The van der Waals surface area contributed by atoms with Crippen molar-refractivity contribution in [1.82, 2.24) is 0 Å². The summed E-state index contributed by atoms with van der Waals surface area (Å²) < 4.78 is 21.7. The second-order valence-corrected chi connectivity index (χ2v) is 9.06. The highest BCUT2D eigenvalue weighted by molar-refractivity contribution is 6.01. The van der Waals surface area contributed by atoms with E-state index in [1.54, 1.807) is 26.4 Å². The van der Waals surface area contributed by atoms with Gasteiger partial charge in [0.2, 0.25) is 5.75 Å². The molecule has 3 aromatic carbocycles. The van der Waals surface area contributed by atoms with Crippen molar-refractivity contribution >= 4 is 17.2 Å². The molecule has 2 aliphatic rings. The summed E-state index contributed by atoms with van der Waals surface area (Å²) in [6.45, 7) is 0. The van der Waals surface area contributed by atoms with E-state index in [-0.39, 0.29) is 28.9 Å². The number of nitrogens with one attached hydrogen (secondary N) is 2. The Kier molecular flexibility index (Phi) is 6.56. The van der Waals surface area contributed by atoms with Crippen molar-refractivity contribution in [3.05, 3.63) is 77.0 Å². The average Bonchev–Trinajstić information content (AvgIpc) is 3.09. The van der Waals surface area contributed by atoms with Gasteiger partial charge in [0.15, 0.2) is 28.8 Å². The topological polar surface area (TPSA) is 98.3 Å². The minimum absolute atomic E-state index is 0.0323. The molecule has 2 unspecified atom stereocenters. The van der Waals surface area contributed by atoms with E-state index >= 15 is 0 Å². The van der Waals surface area contributed by atoms with Crippen LogP contribution < -0.4 is 29.6 Å². The molecule has 0 spiro atoms. The van der Waals surface area contributed by atoms with Crippen LogP contribution in [0.4, 0.5) is 11.4 Å². The fourth-order valence-corrected chi connectivity index (χ4v) is 5.17. The molecule has 37 heavy (non-hydrogen) atoms.